The van der Waals surface area contributed by atoms with Crippen LogP contribution in [0.25, 0.3) is 11.5 Å². The molecule has 0 unspecified atom stereocenters. The molecule has 0 spiro atoms. The highest BCUT2D eigenvalue weighted by Crippen LogP contribution is 2.25. The smallest absolute Gasteiger partial charge is 0.222 e. The quantitative estimate of drug-likeness (QED) is 0.713. The fourth-order valence-electron chi connectivity index (χ4n) is 1.56. The summed E-state index contributed by atoms with van der Waals surface area (Å²) in [4.78, 5) is 3.97. The fourth-order valence-corrected chi connectivity index (χ4v) is 1.56. The van der Waals surface area contributed by atoms with Crippen molar-refractivity contribution < 1.29 is 4.52 Å². The number of aromatic nitrogens is 4. The van der Waals surface area contributed by atoms with Crippen molar-refractivity contribution in [1.29, 1.82) is 0 Å². The molecule has 0 saturated carbocycles. The van der Waals surface area contributed by atoms with Crippen LogP contribution in [0.2, 0.25) is 0 Å². The van der Waals surface area contributed by atoms with E-state index in [-0.39, 0.29) is 5.41 Å². The zero-order valence-electron chi connectivity index (χ0n) is 9.35. The fraction of sp³-hybridized carbons (Fsp3) is 0.500. The highest BCUT2D eigenvalue weighted by atomic mass is 16.5. The van der Waals surface area contributed by atoms with E-state index >= 15 is 0 Å². The summed E-state index contributed by atoms with van der Waals surface area (Å²) in [5.41, 5.74) is 1.95. The maximum atomic E-state index is 4.69. The van der Waals surface area contributed by atoms with Crippen LogP contribution in [0, 0.1) is 0 Å². The highest BCUT2D eigenvalue weighted by Gasteiger charge is 2.20. The number of hydrogen-bond acceptors (Lipinski definition) is 4. The minimum atomic E-state index is 0.0593. The van der Waals surface area contributed by atoms with Crippen LogP contribution < -0.4 is 0 Å². The molecule has 0 atom stereocenters. The second kappa shape index (κ2) is 3.18. The van der Waals surface area contributed by atoms with Crippen molar-refractivity contribution in [3.8, 4) is 11.5 Å². The first-order valence-corrected chi connectivity index (χ1v) is 4.80. The van der Waals surface area contributed by atoms with Crippen molar-refractivity contribution >= 4 is 0 Å². The van der Waals surface area contributed by atoms with E-state index in [0.29, 0.717) is 5.82 Å². The van der Waals surface area contributed by atoms with Crippen LogP contribution in [0.1, 0.15) is 26.5 Å². The van der Waals surface area contributed by atoms with Crippen LogP contribution in [0.3, 0.4) is 0 Å². The summed E-state index contributed by atoms with van der Waals surface area (Å²) in [6.45, 7) is 6.43. The average molecular weight is 206 g/mol. The van der Waals surface area contributed by atoms with Crippen LogP contribution in [0.4, 0.5) is 0 Å². The van der Waals surface area contributed by atoms with Gasteiger partial charge in [-0.25, -0.2) is 0 Å². The van der Waals surface area contributed by atoms with Crippen molar-refractivity contribution in [2.75, 3.05) is 0 Å². The minimum absolute atomic E-state index is 0.0593. The molecule has 0 aromatic carbocycles. The summed E-state index contributed by atoms with van der Waals surface area (Å²) in [5.74, 6) is 0.529. The van der Waals surface area contributed by atoms with E-state index in [0.717, 1.165) is 11.4 Å². The predicted molar refractivity (Wildman–Crippen MR) is 55.2 cm³/mol. The van der Waals surface area contributed by atoms with E-state index in [2.05, 4.69) is 36.0 Å². The van der Waals surface area contributed by atoms with Crippen molar-refractivity contribution in [3.05, 3.63) is 18.2 Å². The van der Waals surface area contributed by atoms with Crippen LogP contribution in [0.15, 0.2) is 17.0 Å². The Balaban J connectivity index is 2.47. The number of aryl methyl sites for hydroxylation is 1. The third kappa shape index (κ3) is 1.77. The summed E-state index contributed by atoms with van der Waals surface area (Å²) in [7, 11) is 1.92. The lowest BCUT2D eigenvalue weighted by Crippen LogP contribution is -2.16. The van der Waals surface area contributed by atoms with E-state index in [1.165, 1.54) is 6.39 Å². The molecule has 0 aliphatic rings. The Morgan fingerprint density at radius 2 is 2.07 bits per heavy atom. The van der Waals surface area contributed by atoms with Crippen molar-refractivity contribution in [3.63, 3.8) is 0 Å². The first-order chi connectivity index (χ1) is 6.98. The van der Waals surface area contributed by atoms with Gasteiger partial charge < -0.3 is 4.52 Å². The van der Waals surface area contributed by atoms with Crippen molar-refractivity contribution in [2.45, 2.75) is 26.2 Å². The molecule has 5 nitrogen and oxygen atoms in total. The first kappa shape index (κ1) is 9.89. The van der Waals surface area contributed by atoms with Crippen molar-refractivity contribution in [2.24, 2.45) is 7.05 Å². The molecule has 2 aromatic heterocycles. The lowest BCUT2D eigenvalue weighted by Gasteiger charge is -2.17. The molecule has 5 heteroatoms. The zero-order valence-corrected chi connectivity index (χ0v) is 9.35. The van der Waals surface area contributed by atoms with Crippen LogP contribution >= 0.6 is 0 Å². The Morgan fingerprint density at radius 3 is 2.53 bits per heavy atom. The molecule has 2 heterocycles. The molecule has 15 heavy (non-hydrogen) atoms. The molecular weight excluding hydrogens is 192 g/mol. The van der Waals surface area contributed by atoms with Gasteiger partial charge >= 0.3 is 0 Å². The van der Waals surface area contributed by atoms with Gasteiger partial charge in [-0.1, -0.05) is 25.9 Å². The second-order valence-electron chi connectivity index (χ2n) is 4.54. The molecule has 0 aliphatic heterocycles. The number of nitrogens with zero attached hydrogens (tertiary/aromatic N) is 4. The topological polar surface area (TPSA) is 56.7 Å². The van der Waals surface area contributed by atoms with E-state index in [4.69, 9.17) is 4.52 Å². The lowest BCUT2D eigenvalue weighted by atomic mass is 9.92. The van der Waals surface area contributed by atoms with E-state index in [1.54, 1.807) is 0 Å². The van der Waals surface area contributed by atoms with Crippen LogP contribution in [-0.4, -0.2) is 19.9 Å². The van der Waals surface area contributed by atoms with Gasteiger partial charge in [-0.05, 0) is 6.07 Å². The Labute approximate surface area is 88.1 Å². The Hall–Kier alpha value is -1.65. The number of hydrogen-bond donors (Lipinski definition) is 0. The van der Waals surface area contributed by atoms with Gasteiger partial charge in [0.2, 0.25) is 12.2 Å². The monoisotopic (exact) mass is 206 g/mol. The van der Waals surface area contributed by atoms with Gasteiger partial charge in [0.05, 0.1) is 0 Å². The average Bonchev–Trinajstić information content (AvgIpc) is 2.68. The molecular formula is C10H14N4O. The third-order valence-electron chi connectivity index (χ3n) is 2.24. The van der Waals surface area contributed by atoms with Crippen LogP contribution in [0.5, 0.6) is 0 Å². The molecule has 0 fully saturated rings. The third-order valence-corrected chi connectivity index (χ3v) is 2.24. The standard InChI is InChI=1S/C10H14N4O/c1-10(2,3)8-5-7(12-14(8)4)9-11-6-15-13-9/h5-6H,1-4H3. The van der Waals surface area contributed by atoms with Gasteiger partial charge in [0.25, 0.3) is 0 Å². The van der Waals surface area contributed by atoms with Crippen molar-refractivity contribution in [1.82, 2.24) is 19.9 Å². The summed E-state index contributed by atoms with van der Waals surface area (Å²) in [6, 6.07) is 1.99. The van der Waals surface area contributed by atoms with E-state index in [1.807, 2.05) is 17.8 Å². The summed E-state index contributed by atoms with van der Waals surface area (Å²) in [5, 5.41) is 8.11. The molecule has 80 valence electrons. The van der Waals surface area contributed by atoms with Gasteiger partial charge in [0, 0.05) is 18.2 Å². The second-order valence-corrected chi connectivity index (χ2v) is 4.54. The molecule has 0 aliphatic carbocycles. The lowest BCUT2D eigenvalue weighted by molar-refractivity contribution is 0.418. The normalized spacial score (nSPS) is 12.0. The van der Waals surface area contributed by atoms with E-state index < -0.39 is 0 Å². The van der Waals surface area contributed by atoms with Gasteiger partial charge in [0.15, 0.2) is 0 Å². The Morgan fingerprint density at radius 1 is 1.33 bits per heavy atom. The molecule has 0 saturated heterocycles. The first-order valence-electron chi connectivity index (χ1n) is 4.80. The SMILES string of the molecule is Cn1nc(-c2ncon2)cc1C(C)(C)C. The molecule has 2 rings (SSSR count). The summed E-state index contributed by atoms with van der Waals surface area (Å²) >= 11 is 0. The zero-order chi connectivity index (χ0) is 11.1. The predicted octanol–water partition coefficient (Wildman–Crippen LogP) is 1.77. The maximum Gasteiger partial charge on any atom is 0.222 e. The van der Waals surface area contributed by atoms with Gasteiger partial charge in [-0.2, -0.15) is 10.1 Å². The Bertz CT molecular complexity index is 450. The number of rotatable bonds is 1. The molecule has 0 amide bonds. The van der Waals surface area contributed by atoms with Gasteiger partial charge in [0.1, 0.15) is 5.69 Å². The summed E-state index contributed by atoms with van der Waals surface area (Å²) < 4.78 is 6.55. The summed E-state index contributed by atoms with van der Waals surface area (Å²) in [6.07, 6.45) is 1.31. The highest BCUT2D eigenvalue weighted by molar-refractivity contribution is 5.49. The molecule has 2 aromatic rings. The molecule has 0 N–H and O–H groups in total. The molecule has 0 radical (unpaired) electrons. The van der Waals surface area contributed by atoms with E-state index in [9.17, 15) is 0 Å². The molecule has 0 bridgehead atoms. The van der Waals surface area contributed by atoms with Crippen LogP contribution in [-0.2, 0) is 12.5 Å². The van der Waals surface area contributed by atoms with Gasteiger partial charge in [-0.3, -0.25) is 4.68 Å². The van der Waals surface area contributed by atoms with Gasteiger partial charge in [-0.15, -0.1) is 0 Å². The minimum Gasteiger partial charge on any atom is -0.342 e. The Kier molecular flexibility index (Phi) is 2.10. The maximum absolute atomic E-state index is 4.69. The largest absolute Gasteiger partial charge is 0.342 e.